The third-order valence-corrected chi connectivity index (χ3v) is 7.07. The van der Waals surface area contributed by atoms with Gasteiger partial charge in [0.2, 0.25) is 17.7 Å². The minimum atomic E-state index is -1.15. The molecule has 2 aromatic rings. The van der Waals surface area contributed by atoms with Gasteiger partial charge in [-0.25, -0.2) is 4.79 Å². The number of anilines is 1. The first-order valence-electron chi connectivity index (χ1n) is 11.6. The largest absolute Gasteiger partial charge is 0.481 e. The number of halogens is 1. The van der Waals surface area contributed by atoms with Crippen molar-refractivity contribution in [3.8, 4) is 5.88 Å². The van der Waals surface area contributed by atoms with E-state index in [1.807, 2.05) is 19.1 Å². The Morgan fingerprint density at radius 3 is 2.60 bits per heavy atom. The number of nitrogens with zero attached hydrogens (tertiary/aromatic N) is 3. The van der Waals surface area contributed by atoms with Gasteiger partial charge in [-0.15, -0.1) is 0 Å². The fraction of sp³-hybridized carbons (Fsp3) is 0.440. The van der Waals surface area contributed by atoms with Gasteiger partial charge in [-0.1, -0.05) is 23.7 Å². The zero-order chi connectivity index (χ0) is 25.1. The fourth-order valence-electron chi connectivity index (χ4n) is 4.84. The van der Waals surface area contributed by atoms with Gasteiger partial charge in [0.15, 0.2) is 0 Å². The summed E-state index contributed by atoms with van der Waals surface area (Å²) in [6.07, 6.45) is 2.30. The summed E-state index contributed by atoms with van der Waals surface area (Å²) < 4.78 is 5.05. The number of likely N-dealkylation sites (tertiary alicyclic amines) is 2. The van der Waals surface area contributed by atoms with Crippen LogP contribution in [0, 0.1) is 6.92 Å². The third kappa shape index (κ3) is 5.74. The molecule has 1 aromatic carbocycles. The van der Waals surface area contributed by atoms with E-state index in [1.165, 1.54) is 24.8 Å². The number of nitrogens with one attached hydrogen (secondary N) is 1. The predicted octanol–water partition coefficient (Wildman–Crippen LogP) is 3.34. The van der Waals surface area contributed by atoms with Crippen molar-refractivity contribution in [2.45, 2.75) is 51.2 Å². The molecule has 0 saturated carbocycles. The van der Waals surface area contributed by atoms with E-state index in [0.29, 0.717) is 12.8 Å². The Morgan fingerprint density at radius 1 is 1.20 bits per heavy atom. The summed E-state index contributed by atoms with van der Waals surface area (Å²) in [7, 11) is 1.37. The molecule has 186 valence electrons. The molecule has 0 spiro atoms. The van der Waals surface area contributed by atoms with Crippen molar-refractivity contribution in [3.05, 3.63) is 52.0 Å². The number of carboxylic acids is 1. The molecule has 9 nitrogen and oxygen atoms in total. The maximum absolute atomic E-state index is 13.1. The minimum absolute atomic E-state index is 0.0168. The number of aromatic nitrogens is 1. The van der Waals surface area contributed by atoms with Gasteiger partial charge in [-0.2, -0.15) is 4.98 Å². The Bertz CT molecular complexity index is 1130. The second-order valence-corrected chi connectivity index (χ2v) is 9.43. The van der Waals surface area contributed by atoms with E-state index < -0.39 is 12.0 Å². The van der Waals surface area contributed by atoms with Gasteiger partial charge in [0, 0.05) is 43.2 Å². The Morgan fingerprint density at radius 2 is 1.94 bits per heavy atom. The van der Waals surface area contributed by atoms with Crippen LogP contribution in [0.3, 0.4) is 0 Å². The van der Waals surface area contributed by atoms with E-state index in [9.17, 15) is 19.5 Å². The number of methoxy groups -OCH3 is 1. The summed E-state index contributed by atoms with van der Waals surface area (Å²) in [5.41, 5.74) is 2.21. The molecule has 2 N–H and O–H groups in total. The Kier molecular flexibility index (Phi) is 7.57. The Hall–Kier alpha value is -3.17. The highest BCUT2D eigenvalue weighted by molar-refractivity contribution is 6.31. The number of aromatic carboxylic acids is 1. The van der Waals surface area contributed by atoms with Crippen LogP contribution in [-0.4, -0.2) is 70.0 Å². The van der Waals surface area contributed by atoms with Crippen LogP contribution in [0.15, 0.2) is 30.3 Å². The molecule has 35 heavy (non-hydrogen) atoms. The van der Waals surface area contributed by atoms with Gasteiger partial charge in [-0.3, -0.25) is 14.5 Å². The number of hydrogen-bond donors (Lipinski definition) is 2. The third-order valence-electron chi connectivity index (χ3n) is 6.65. The van der Waals surface area contributed by atoms with Crippen molar-refractivity contribution in [1.29, 1.82) is 0 Å². The number of amides is 2. The van der Waals surface area contributed by atoms with Crippen molar-refractivity contribution in [3.63, 3.8) is 0 Å². The number of piperidine rings is 1. The molecular weight excluding hydrogens is 472 g/mol. The molecule has 3 heterocycles. The summed E-state index contributed by atoms with van der Waals surface area (Å²) in [4.78, 5) is 45.4. The van der Waals surface area contributed by atoms with Crippen molar-refractivity contribution in [1.82, 2.24) is 14.8 Å². The molecule has 1 aromatic heterocycles. The number of hydrogen-bond acceptors (Lipinski definition) is 6. The lowest BCUT2D eigenvalue weighted by Crippen LogP contribution is -2.51. The van der Waals surface area contributed by atoms with Gasteiger partial charge >= 0.3 is 5.97 Å². The lowest BCUT2D eigenvalue weighted by atomic mass is 10.0. The SMILES string of the molecule is COc1cc(C(=O)O)cc(NC(=O)[C@H]2CCC(=O)N2C2CCN(Cc3ccc(Cl)c(C)c3)CC2)n1. The fourth-order valence-corrected chi connectivity index (χ4v) is 4.96. The van der Waals surface area contributed by atoms with Crippen LogP contribution >= 0.6 is 11.6 Å². The van der Waals surface area contributed by atoms with Crippen LogP contribution in [0.25, 0.3) is 0 Å². The molecule has 2 saturated heterocycles. The predicted molar refractivity (Wildman–Crippen MR) is 131 cm³/mol. The maximum Gasteiger partial charge on any atom is 0.336 e. The van der Waals surface area contributed by atoms with Crippen LogP contribution in [0.1, 0.15) is 47.2 Å². The monoisotopic (exact) mass is 500 g/mol. The maximum atomic E-state index is 13.1. The normalized spacial score (nSPS) is 19.1. The van der Waals surface area contributed by atoms with E-state index >= 15 is 0 Å². The molecular formula is C25H29ClN4O5. The lowest BCUT2D eigenvalue weighted by Gasteiger charge is -2.39. The van der Waals surface area contributed by atoms with E-state index in [4.69, 9.17) is 16.3 Å². The van der Waals surface area contributed by atoms with E-state index in [0.717, 1.165) is 43.1 Å². The quantitative estimate of drug-likeness (QED) is 0.599. The second-order valence-electron chi connectivity index (χ2n) is 9.02. The number of carbonyl (C=O) groups excluding carboxylic acids is 2. The molecule has 0 bridgehead atoms. The Labute approximate surface area is 209 Å². The molecule has 0 unspecified atom stereocenters. The van der Waals surface area contributed by atoms with Crippen LogP contribution in [0.5, 0.6) is 5.88 Å². The van der Waals surface area contributed by atoms with E-state index in [2.05, 4.69) is 21.3 Å². The summed E-state index contributed by atoms with van der Waals surface area (Å²) in [5, 5.41) is 12.7. The van der Waals surface area contributed by atoms with Gasteiger partial charge < -0.3 is 20.1 Å². The number of aryl methyl sites for hydroxylation is 1. The van der Waals surface area contributed by atoms with Crippen molar-refractivity contribution in [2.75, 3.05) is 25.5 Å². The highest BCUT2D eigenvalue weighted by atomic mass is 35.5. The minimum Gasteiger partial charge on any atom is -0.481 e. The molecule has 0 aliphatic carbocycles. The average Bonchev–Trinajstić information content (AvgIpc) is 3.23. The van der Waals surface area contributed by atoms with Gasteiger partial charge in [0.25, 0.3) is 0 Å². The standard InChI is InChI=1S/C25H29ClN4O5/c1-15-11-16(3-4-19(15)26)14-29-9-7-18(8-10-29)30-20(5-6-23(30)31)24(32)28-21-12-17(25(33)34)13-22(27-21)35-2/h3-4,11-13,18,20H,5-10,14H2,1-2H3,(H,33,34)(H,27,28,32)/t20-/m1/s1. The summed E-state index contributed by atoms with van der Waals surface area (Å²) >= 11 is 6.14. The summed E-state index contributed by atoms with van der Waals surface area (Å²) in [5.74, 6) is -1.38. The van der Waals surface area contributed by atoms with Crippen LogP contribution in [0.4, 0.5) is 5.82 Å². The van der Waals surface area contributed by atoms with Gasteiger partial charge in [-0.05, 0) is 49.4 Å². The molecule has 1 atom stereocenters. The number of ether oxygens (including phenoxy) is 1. The van der Waals surface area contributed by atoms with Crippen molar-refractivity contribution in [2.24, 2.45) is 0 Å². The van der Waals surface area contributed by atoms with E-state index in [-0.39, 0.29) is 35.1 Å². The van der Waals surface area contributed by atoms with E-state index in [1.54, 1.807) is 4.90 Å². The molecule has 2 amide bonds. The number of carbonyl (C=O) groups is 3. The molecule has 0 radical (unpaired) electrons. The summed E-state index contributed by atoms with van der Waals surface area (Å²) in [6.45, 7) is 4.45. The van der Waals surface area contributed by atoms with Gasteiger partial charge in [0.05, 0.1) is 12.7 Å². The van der Waals surface area contributed by atoms with Crippen LogP contribution in [-0.2, 0) is 16.1 Å². The molecule has 10 heteroatoms. The topological polar surface area (TPSA) is 112 Å². The zero-order valence-electron chi connectivity index (χ0n) is 19.8. The number of carboxylic acid groups (broad SMARTS) is 1. The van der Waals surface area contributed by atoms with Crippen molar-refractivity contribution < 1.29 is 24.2 Å². The zero-order valence-corrected chi connectivity index (χ0v) is 20.5. The number of rotatable bonds is 7. The first kappa shape index (κ1) is 24.9. The molecule has 4 rings (SSSR count). The van der Waals surface area contributed by atoms with Gasteiger partial charge in [0.1, 0.15) is 11.9 Å². The van der Waals surface area contributed by atoms with Crippen LogP contribution < -0.4 is 10.1 Å². The molecule has 2 fully saturated rings. The highest BCUT2D eigenvalue weighted by Gasteiger charge is 2.41. The smallest absolute Gasteiger partial charge is 0.336 e. The molecule has 2 aliphatic heterocycles. The number of benzene rings is 1. The lowest BCUT2D eigenvalue weighted by molar-refractivity contribution is -0.136. The van der Waals surface area contributed by atoms with Crippen LogP contribution in [0.2, 0.25) is 5.02 Å². The second kappa shape index (κ2) is 10.6. The Balaban J connectivity index is 1.39. The molecule has 2 aliphatic rings. The number of pyridine rings is 1. The summed E-state index contributed by atoms with van der Waals surface area (Å²) in [6, 6.07) is 7.98. The first-order chi connectivity index (χ1) is 16.7. The van der Waals surface area contributed by atoms with Crippen molar-refractivity contribution >= 4 is 35.2 Å². The average molecular weight is 501 g/mol. The highest BCUT2D eigenvalue weighted by Crippen LogP contribution is 2.29. The first-order valence-corrected chi connectivity index (χ1v) is 12.0.